The molecule has 10 heteroatoms. The number of ether oxygens (including phenoxy) is 2. The summed E-state index contributed by atoms with van der Waals surface area (Å²) in [5.41, 5.74) is 4.49. The van der Waals surface area contributed by atoms with E-state index in [4.69, 9.17) is 9.47 Å². The minimum absolute atomic E-state index is 0.0885. The van der Waals surface area contributed by atoms with Gasteiger partial charge in [-0.2, -0.15) is 5.10 Å². The summed E-state index contributed by atoms with van der Waals surface area (Å²) < 4.78 is 11.0. The zero-order valence-corrected chi connectivity index (χ0v) is 19.9. The number of methoxy groups -OCH3 is 1. The van der Waals surface area contributed by atoms with Crippen LogP contribution in [0.5, 0.6) is 11.5 Å². The van der Waals surface area contributed by atoms with E-state index in [1.165, 1.54) is 19.2 Å². The Morgan fingerprint density at radius 3 is 2.44 bits per heavy atom. The minimum atomic E-state index is -0.671. The Hall–Kier alpha value is -4.73. The molecule has 0 unspecified atom stereocenters. The van der Waals surface area contributed by atoms with Crippen molar-refractivity contribution in [3.8, 4) is 11.5 Å². The van der Waals surface area contributed by atoms with Crippen LogP contribution in [0.25, 0.3) is 0 Å². The lowest BCUT2D eigenvalue weighted by Gasteiger charge is -2.12. The van der Waals surface area contributed by atoms with Gasteiger partial charge in [-0.3, -0.25) is 19.7 Å². The number of carbonyl (C=O) groups is 2. The number of nitro groups is 1. The molecule has 3 aromatic rings. The quantitative estimate of drug-likeness (QED) is 0.179. The molecule has 2 N–H and O–H groups in total. The van der Waals surface area contributed by atoms with E-state index < -0.39 is 23.2 Å². The molecule has 0 aliphatic heterocycles. The molecule has 10 nitrogen and oxygen atoms in total. The Morgan fingerprint density at radius 2 is 1.75 bits per heavy atom. The van der Waals surface area contributed by atoms with Crippen LogP contribution in [0.3, 0.4) is 0 Å². The molecule has 0 heterocycles. The number of hydrazone groups is 1. The first-order chi connectivity index (χ1) is 17.4. The molecule has 0 saturated carbocycles. The number of aryl methyl sites for hydroxylation is 1. The third-order valence-electron chi connectivity index (χ3n) is 5.13. The van der Waals surface area contributed by atoms with Gasteiger partial charge in [0.25, 0.3) is 5.69 Å². The van der Waals surface area contributed by atoms with Gasteiger partial charge in [-0.05, 0) is 29.7 Å². The topological polar surface area (TPSA) is 132 Å². The maximum Gasteiger partial charge on any atom is 0.282 e. The number of nitrogens with one attached hydrogen (secondary N) is 2. The largest absolute Gasteiger partial charge is 0.493 e. The van der Waals surface area contributed by atoms with E-state index in [9.17, 15) is 19.7 Å². The molecule has 0 aromatic heterocycles. The lowest BCUT2D eigenvalue weighted by atomic mass is 10.1. The molecule has 0 radical (unpaired) electrons. The fraction of sp³-hybridized carbons (Fsp3) is 0.192. The van der Waals surface area contributed by atoms with Crippen molar-refractivity contribution in [2.45, 2.75) is 26.4 Å². The monoisotopic (exact) mass is 490 g/mol. The van der Waals surface area contributed by atoms with Gasteiger partial charge in [-0.1, -0.05) is 55.5 Å². The van der Waals surface area contributed by atoms with E-state index in [-0.39, 0.29) is 29.4 Å². The van der Waals surface area contributed by atoms with Crippen molar-refractivity contribution in [2.75, 3.05) is 12.4 Å². The Balaban J connectivity index is 1.65. The van der Waals surface area contributed by atoms with Crippen LogP contribution in [-0.4, -0.2) is 30.1 Å². The molecule has 0 fully saturated rings. The average molecular weight is 491 g/mol. The summed E-state index contributed by atoms with van der Waals surface area (Å²) in [7, 11) is 1.41. The summed E-state index contributed by atoms with van der Waals surface area (Å²) in [5.74, 6) is -0.720. The second kappa shape index (κ2) is 12.7. The summed E-state index contributed by atoms with van der Waals surface area (Å²) in [6.45, 7) is 2.16. The van der Waals surface area contributed by atoms with Crippen LogP contribution in [0.15, 0.2) is 71.8 Å². The van der Waals surface area contributed by atoms with Crippen molar-refractivity contribution in [1.82, 2.24) is 5.43 Å². The highest BCUT2D eigenvalue weighted by Crippen LogP contribution is 2.34. The van der Waals surface area contributed by atoms with Crippen LogP contribution >= 0.6 is 0 Å². The summed E-state index contributed by atoms with van der Waals surface area (Å²) >= 11 is 0. The van der Waals surface area contributed by atoms with Crippen molar-refractivity contribution in [3.63, 3.8) is 0 Å². The fourth-order valence-corrected chi connectivity index (χ4v) is 3.34. The van der Waals surface area contributed by atoms with E-state index in [1.807, 2.05) is 49.4 Å². The number of amides is 2. The van der Waals surface area contributed by atoms with Gasteiger partial charge in [0.05, 0.1) is 29.9 Å². The van der Waals surface area contributed by atoms with Crippen LogP contribution in [0.4, 0.5) is 11.4 Å². The van der Waals surface area contributed by atoms with Gasteiger partial charge >= 0.3 is 0 Å². The molecule has 0 bridgehead atoms. The first kappa shape index (κ1) is 25.9. The third-order valence-corrected chi connectivity index (χ3v) is 5.13. The van der Waals surface area contributed by atoms with E-state index in [0.29, 0.717) is 5.69 Å². The minimum Gasteiger partial charge on any atom is -0.493 e. The number of benzene rings is 3. The first-order valence-corrected chi connectivity index (χ1v) is 11.1. The van der Waals surface area contributed by atoms with Crippen LogP contribution in [-0.2, 0) is 22.6 Å². The van der Waals surface area contributed by atoms with Crippen molar-refractivity contribution in [1.29, 1.82) is 0 Å². The van der Waals surface area contributed by atoms with Gasteiger partial charge < -0.3 is 14.8 Å². The van der Waals surface area contributed by atoms with Gasteiger partial charge in [0.15, 0.2) is 11.5 Å². The lowest BCUT2D eigenvalue weighted by molar-refractivity contribution is -0.385. The third kappa shape index (κ3) is 7.13. The van der Waals surface area contributed by atoms with Gasteiger partial charge in [-0.15, -0.1) is 0 Å². The Morgan fingerprint density at radius 1 is 1.03 bits per heavy atom. The zero-order valence-electron chi connectivity index (χ0n) is 19.9. The Labute approximate surface area is 208 Å². The number of nitro benzene ring substituents is 1. The molecule has 3 aromatic carbocycles. The average Bonchev–Trinajstić information content (AvgIpc) is 2.88. The van der Waals surface area contributed by atoms with Crippen molar-refractivity contribution in [3.05, 3.63) is 93.5 Å². The number of para-hydroxylation sites is 1. The predicted octanol–water partition coefficient (Wildman–Crippen LogP) is 4.22. The van der Waals surface area contributed by atoms with E-state index in [2.05, 4.69) is 15.8 Å². The molecule has 0 spiro atoms. The normalized spacial score (nSPS) is 10.6. The predicted molar refractivity (Wildman–Crippen MR) is 135 cm³/mol. The SMILES string of the molecule is CCc1ccccc1NC(=O)CC(=O)NN=Cc1cc(OC)c(OCc2ccccc2)cc1[N+](=O)[O-]. The molecule has 3 rings (SSSR count). The molecule has 36 heavy (non-hydrogen) atoms. The Kier molecular flexibility index (Phi) is 9.10. The van der Waals surface area contributed by atoms with Crippen LogP contribution in [0, 0.1) is 10.1 Å². The van der Waals surface area contributed by atoms with Crippen LogP contribution in [0.2, 0.25) is 0 Å². The highest BCUT2D eigenvalue weighted by atomic mass is 16.6. The molecular formula is C26H26N4O6. The molecule has 0 aliphatic carbocycles. The molecular weight excluding hydrogens is 464 g/mol. The van der Waals surface area contributed by atoms with Gasteiger partial charge in [0.2, 0.25) is 11.8 Å². The van der Waals surface area contributed by atoms with Crippen LogP contribution in [0.1, 0.15) is 30.0 Å². The molecule has 186 valence electrons. The standard InChI is InChI=1S/C26H26N4O6/c1-3-19-11-7-8-12-21(19)28-25(31)15-26(32)29-27-16-20-13-23(35-2)24(14-22(20)30(33)34)36-17-18-9-5-4-6-10-18/h4-14,16H,3,15,17H2,1-2H3,(H,28,31)(H,29,32). The number of nitrogens with zero attached hydrogens (tertiary/aromatic N) is 2. The smallest absolute Gasteiger partial charge is 0.282 e. The molecule has 0 saturated heterocycles. The number of hydrogen-bond acceptors (Lipinski definition) is 7. The summed E-state index contributed by atoms with van der Waals surface area (Å²) in [5, 5.41) is 18.1. The number of hydrogen-bond donors (Lipinski definition) is 2. The highest BCUT2D eigenvalue weighted by molar-refractivity contribution is 6.04. The van der Waals surface area contributed by atoms with Crippen molar-refractivity contribution < 1.29 is 24.0 Å². The molecule has 0 aliphatic rings. The summed E-state index contributed by atoms with van der Waals surface area (Å²) in [4.78, 5) is 35.4. The van der Waals surface area contributed by atoms with E-state index in [1.54, 1.807) is 12.1 Å². The van der Waals surface area contributed by atoms with E-state index in [0.717, 1.165) is 23.8 Å². The second-order valence-electron chi connectivity index (χ2n) is 7.62. The van der Waals surface area contributed by atoms with Gasteiger partial charge in [0.1, 0.15) is 13.0 Å². The Bertz CT molecular complexity index is 1260. The van der Waals surface area contributed by atoms with Gasteiger partial charge in [-0.25, -0.2) is 5.43 Å². The number of rotatable bonds is 11. The number of anilines is 1. The maximum atomic E-state index is 12.2. The van der Waals surface area contributed by atoms with Crippen molar-refractivity contribution >= 4 is 29.4 Å². The second-order valence-corrected chi connectivity index (χ2v) is 7.62. The lowest BCUT2D eigenvalue weighted by Crippen LogP contribution is -2.25. The summed E-state index contributed by atoms with van der Waals surface area (Å²) in [6, 6.07) is 19.3. The first-order valence-electron chi connectivity index (χ1n) is 11.1. The van der Waals surface area contributed by atoms with Gasteiger partial charge in [0, 0.05) is 5.69 Å². The zero-order chi connectivity index (χ0) is 25.9. The van der Waals surface area contributed by atoms with E-state index >= 15 is 0 Å². The summed E-state index contributed by atoms with van der Waals surface area (Å²) in [6.07, 6.45) is 1.38. The number of carbonyl (C=O) groups excluding carboxylic acids is 2. The fourth-order valence-electron chi connectivity index (χ4n) is 3.34. The maximum absolute atomic E-state index is 12.2. The molecule has 2 amide bonds. The van der Waals surface area contributed by atoms with Crippen LogP contribution < -0.4 is 20.2 Å². The molecule has 0 atom stereocenters. The highest BCUT2D eigenvalue weighted by Gasteiger charge is 2.19. The van der Waals surface area contributed by atoms with Crippen molar-refractivity contribution in [2.24, 2.45) is 5.10 Å².